The molecule has 1 aliphatic heterocycles. The van der Waals surface area contributed by atoms with E-state index in [9.17, 15) is 8.78 Å². The summed E-state index contributed by atoms with van der Waals surface area (Å²) in [5.74, 6) is -3.30. The standard InChI is InChI=1S/C11H11F2N3O/c12-11(13,9-4-2-1-3-5-9)7-16-8-14-6-10(17)15-16/h1-6,8,15,17H,7H2. The fraction of sp³-hybridized carbons (Fsp3) is 0.182. The van der Waals surface area contributed by atoms with Gasteiger partial charge in [-0.25, -0.2) is 4.99 Å². The van der Waals surface area contributed by atoms with E-state index in [1.807, 2.05) is 0 Å². The van der Waals surface area contributed by atoms with E-state index in [1.54, 1.807) is 18.2 Å². The summed E-state index contributed by atoms with van der Waals surface area (Å²) < 4.78 is 27.6. The maximum absolute atomic E-state index is 13.8. The van der Waals surface area contributed by atoms with Crippen molar-refractivity contribution in [3.8, 4) is 0 Å². The molecular formula is C11H11F2N3O. The molecule has 0 saturated heterocycles. The van der Waals surface area contributed by atoms with Gasteiger partial charge in [0.2, 0.25) is 5.88 Å². The van der Waals surface area contributed by atoms with Crippen LogP contribution >= 0.6 is 0 Å². The molecule has 6 heteroatoms. The van der Waals surface area contributed by atoms with Gasteiger partial charge in [0.15, 0.2) is 0 Å². The number of hydrogen-bond donors (Lipinski definition) is 2. The van der Waals surface area contributed by atoms with Gasteiger partial charge in [0.1, 0.15) is 12.9 Å². The van der Waals surface area contributed by atoms with Crippen LogP contribution in [0.1, 0.15) is 5.56 Å². The largest absolute Gasteiger partial charge is 0.493 e. The molecule has 90 valence electrons. The molecular weight excluding hydrogens is 228 g/mol. The molecule has 0 fully saturated rings. The second-order valence-electron chi connectivity index (χ2n) is 3.59. The van der Waals surface area contributed by atoms with Crippen molar-refractivity contribution in [1.29, 1.82) is 0 Å². The minimum atomic E-state index is -3.03. The number of aliphatic hydroxyl groups is 1. The van der Waals surface area contributed by atoms with Gasteiger partial charge in [-0.05, 0) is 0 Å². The van der Waals surface area contributed by atoms with Crippen LogP contribution in [0.15, 0.2) is 47.4 Å². The van der Waals surface area contributed by atoms with Crippen LogP contribution < -0.4 is 5.43 Å². The van der Waals surface area contributed by atoms with Crippen molar-refractivity contribution in [3.63, 3.8) is 0 Å². The molecule has 2 rings (SSSR count). The molecule has 17 heavy (non-hydrogen) atoms. The summed E-state index contributed by atoms with van der Waals surface area (Å²) in [4.78, 5) is 3.61. The van der Waals surface area contributed by atoms with Crippen LogP contribution in [0.2, 0.25) is 0 Å². The molecule has 2 N–H and O–H groups in total. The third-order valence-corrected chi connectivity index (χ3v) is 2.23. The lowest BCUT2D eigenvalue weighted by atomic mass is 10.1. The predicted octanol–water partition coefficient (Wildman–Crippen LogP) is 1.98. The van der Waals surface area contributed by atoms with E-state index in [0.29, 0.717) is 0 Å². The van der Waals surface area contributed by atoms with Gasteiger partial charge >= 0.3 is 0 Å². The van der Waals surface area contributed by atoms with E-state index in [4.69, 9.17) is 5.11 Å². The minimum Gasteiger partial charge on any atom is -0.493 e. The maximum Gasteiger partial charge on any atom is 0.292 e. The number of nitrogens with zero attached hydrogens (tertiary/aromatic N) is 2. The second-order valence-corrected chi connectivity index (χ2v) is 3.59. The van der Waals surface area contributed by atoms with E-state index in [-0.39, 0.29) is 11.4 Å². The molecule has 0 unspecified atom stereocenters. The summed E-state index contributed by atoms with van der Waals surface area (Å²) in [6.07, 6.45) is 2.33. The Morgan fingerprint density at radius 2 is 2.00 bits per heavy atom. The van der Waals surface area contributed by atoms with E-state index in [2.05, 4.69) is 10.4 Å². The Morgan fingerprint density at radius 1 is 1.29 bits per heavy atom. The van der Waals surface area contributed by atoms with E-state index in [0.717, 1.165) is 11.2 Å². The van der Waals surface area contributed by atoms with E-state index in [1.165, 1.54) is 18.5 Å². The average Bonchev–Trinajstić information content (AvgIpc) is 2.29. The van der Waals surface area contributed by atoms with Gasteiger partial charge in [-0.2, -0.15) is 8.78 Å². The first-order valence-corrected chi connectivity index (χ1v) is 4.97. The number of alkyl halides is 2. The molecule has 1 aliphatic rings. The molecule has 0 atom stereocenters. The SMILES string of the molecule is OC1=CN=CN(CC(F)(F)c2ccccc2)N1. The number of benzene rings is 1. The zero-order chi connectivity index (χ0) is 12.3. The van der Waals surface area contributed by atoms with Crippen molar-refractivity contribution in [2.75, 3.05) is 6.54 Å². The highest BCUT2D eigenvalue weighted by Gasteiger charge is 2.34. The molecule has 0 bridgehead atoms. The van der Waals surface area contributed by atoms with Crippen molar-refractivity contribution in [2.24, 2.45) is 4.99 Å². The fourth-order valence-electron chi connectivity index (χ4n) is 1.46. The fourth-order valence-corrected chi connectivity index (χ4v) is 1.46. The number of aliphatic hydroxyl groups excluding tert-OH is 1. The predicted molar refractivity (Wildman–Crippen MR) is 59.4 cm³/mol. The van der Waals surface area contributed by atoms with Gasteiger partial charge in [-0.1, -0.05) is 30.3 Å². The Kier molecular flexibility index (Phi) is 2.95. The molecule has 0 aliphatic carbocycles. The minimum absolute atomic E-state index is 0.0794. The zero-order valence-corrected chi connectivity index (χ0v) is 8.85. The average molecular weight is 239 g/mol. The monoisotopic (exact) mass is 239 g/mol. The zero-order valence-electron chi connectivity index (χ0n) is 8.85. The number of halogens is 2. The summed E-state index contributed by atoms with van der Waals surface area (Å²) in [5, 5.41) is 10.1. The molecule has 0 amide bonds. The smallest absolute Gasteiger partial charge is 0.292 e. The molecule has 0 spiro atoms. The second kappa shape index (κ2) is 4.40. The summed E-state index contributed by atoms with van der Waals surface area (Å²) in [6.45, 7) is -0.613. The van der Waals surface area contributed by atoms with Crippen molar-refractivity contribution < 1.29 is 13.9 Å². The Bertz CT molecular complexity index is 445. The summed E-state index contributed by atoms with van der Waals surface area (Å²) >= 11 is 0. The first-order valence-electron chi connectivity index (χ1n) is 4.97. The summed E-state index contributed by atoms with van der Waals surface area (Å²) in [5.41, 5.74) is 2.28. The Labute approximate surface area is 96.9 Å². The van der Waals surface area contributed by atoms with Gasteiger partial charge in [-0.3, -0.25) is 10.4 Å². The van der Waals surface area contributed by atoms with Crippen molar-refractivity contribution in [1.82, 2.24) is 10.4 Å². The molecule has 1 heterocycles. The molecule has 0 saturated carbocycles. The van der Waals surface area contributed by atoms with Crippen LogP contribution in [0.3, 0.4) is 0 Å². The van der Waals surface area contributed by atoms with Crippen LogP contribution in [-0.2, 0) is 5.92 Å². The van der Waals surface area contributed by atoms with Crippen LogP contribution in [0.5, 0.6) is 0 Å². The molecule has 0 aromatic heterocycles. The van der Waals surface area contributed by atoms with Crippen molar-refractivity contribution in [2.45, 2.75) is 5.92 Å². The van der Waals surface area contributed by atoms with Crippen molar-refractivity contribution in [3.05, 3.63) is 48.0 Å². The normalized spacial score (nSPS) is 15.4. The van der Waals surface area contributed by atoms with Crippen LogP contribution in [0.25, 0.3) is 0 Å². The molecule has 0 radical (unpaired) electrons. The molecule has 4 nitrogen and oxygen atoms in total. The van der Waals surface area contributed by atoms with Gasteiger partial charge in [-0.15, -0.1) is 0 Å². The highest BCUT2D eigenvalue weighted by molar-refractivity contribution is 5.56. The quantitative estimate of drug-likeness (QED) is 0.848. The number of nitrogens with one attached hydrogen (secondary N) is 1. The number of hydrogen-bond acceptors (Lipinski definition) is 4. The Hall–Kier alpha value is -2.11. The summed E-state index contributed by atoms with van der Waals surface area (Å²) in [6, 6.07) is 7.50. The highest BCUT2D eigenvalue weighted by atomic mass is 19.3. The van der Waals surface area contributed by atoms with Gasteiger partial charge in [0.05, 0.1) is 6.20 Å². The number of hydrazine groups is 1. The van der Waals surface area contributed by atoms with E-state index >= 15 is 0 Å². The van der Waals surface area contributed by atoms with Gasteiger partial charge < -0.3 is 5.11 Å². The van der Waals surface area contributed by atoms with Crippen LogP contribution in [-0.4, -0.2) is 23.0 Å². The number of rotatable bonds is 3. The highest BCUT2D eigenvalue weighted by Crippen LogP contribution is 2.28. The lowest BCUT2D eigenvalue weighted by molar-refractivity contribution is -0.0315. The van der Waals surface area contributed by atoms with Crippen molar-refractivity contribution >= 4 is 6.34 Å². The van der Waals surface area contributed by atoms with Gasteiger partial charge in [0, 0.05) is 5.56 Å². The lowest BCUT2D eigenvalue weighted by Crippen LogP contribution is -2.44. The van der Waals surface area contributed by atoms with Crippen LogP contribution in [0.4, 0.5) is 8.78 Å². The first kappa shape index (κ1) is 11.4. The third-order valence-electron chi connectivity index (χ3n) is 2.23. The lowest BCUT2D eigenvalue weighted by Gasteiger charge is -2.27. The Morgan fingerprint density at radius 3 is 2.65 bits per heavy atom. The summed E-state index contributed by atoms with van der Waals surface area (Å²) in [7, 11) is 0. The molecule has 1 aromatic carbocycles. The topological polar surface area (TPSA) is 47.9 Å². The van der Waals surface area contributed by atoms with E-state index < -0.39 is 12.5 Å². The van der Waals surface area contributed by atoms with Crippen LogP contribution in [0, 0.1) is 0 Å². The van der Waals surface area contributed by atoms with Gasteiger partial charge in [0.25, 0.3) is 5.92 Å². The Balaban J connectivity index is 2.08. The first-order chi connectivity index (χ1) is 8.08. The maximum atomic E-state index is 13.8. The molecule has 1 aromatic rings. The number of aliphatic imine (C=N–C) groups is 1. The third kappa shape index (κ3) is 2.72.